The number of hydrogen-bond acceptors (Lipinski definition) is 5. The molecule has 2 aromatic carbocycles. The average molecular weight is 539 g/mol. The number of halogens is 1. The summed E-state index contributed by atoms with van der Waals surface area (Å²) in [4.78, 5) is 52.4. The van der Waals surface area contributed by atoms with Gasteiger partial charge in [-0.2, -0.15) is 0 Å². The number of aryl methyl sites for hydroxylation is 1. The van der Waals surface area contributed by atoms with Crippen LogP contribution in [-0.2, 0) is 29.2 Å². The van der Waals surface area contributed by atoms with Gasteiger partial charge in [0.2, 0.25) is 11.8 Å². The Bertz CT molecular complexity index is 1540. The van der Waals surface area contributed by atoms with Crippen LogP contribution in [0.15, 0.2) is 69.6 Å². The van der Waals surface area contributed by atoms with Gasteiger partial charge in [-0.25, -0.2) is 4.79 Å². The Kier molecular flexibility index (Phi) is 8.58. The molecular formula is C27H27ClN4O4S. The van der Waals surface area contributed by atoms with E-state index in [1.54, 1.807) is 47.7 Å². The number of unbranched alkanes of at least 4 members (excludes halogenated alkanes) is 1. The Hall–Kier alpha value is -3.69. The molecular weight excluding hydrogens is 512 g/mol. The van der Waals surface area contributed by atoms with E-state index in [-0.39, 0.29) is 19.0 Å². The number of amides is 2. The largest absolute Gasteiger partial charge is 0.351 e. The van der Waals surface area contributed by atoms with Crippen molar-refractivity contribution in [1.29, 1.82) is 0 Å². The van der Waals surface area contributed by atoms with Crippen LogP contribution in [-0.4, -0.2) is 20.9 Å². The van der Waals surface area contributed by atoms with Crippen LogP contribution in [0.3, 0.4) is 0 Å². The highest BCUT2D eigenvalue weighted by atomic mass is 35.5. The lowest BCUT2D eigenvalue weighted by Gasteiger charge is -2.14. The Morgan fingerprint density at radius 2 is 1.78 bits per heavy atom. The molecule has 37 heavy (non-hydrogen) atoms. The molecule has 0 radical (unpaired) electrons. The predicted octanol–water partition coefficient (Wildman–Crippen LogP) is 4.31. The van der Waals surface area contributed by atoms with Crippen molar-refractivity contribution in [1.82, 2.24) is 14.5 Å². The van der Waals surface area contributed by atoms with Crippen LogP contribution in [0.4, 0.5) is 5.69 Å². The third kappa shape index (κ3) is 6.55. The zero-order valence-electron chi connectivity index (χ0n) is 20.3. The fourth-order valence-electron chi connectivity index (χ4n) is 4.02. The maximum absolute atomic E-state index is 13.3. The first-order valence-electron chi connectivity index (χ1n) is 11.9. The summed E-state index contributed by atoms with van der Waals surface area (Å²) in [6.07, 6.45) is 1.27. The van der Waals surface area contributed by atoms with E-state index >= 15 is 0 Å². The molecule has 2 heterocycles. The minimum Gasteiger partial charge on any atom is -0.351 e. The van der Waals surface area contributed by atoms with Gasteiger partial charge in [0, 0.05) is 17.8 Å². The molecule has 4 rings (SSSR count). The molecule has 2 amide bonds. The molecule has 0 aliphatic rings. The second-order valence-corrected chi connectivity index (χ2v) is 10.1. The molecule has 2 aromatic heterocycles. The van der Waals surface area contributed by atoms with Gasteiger partial charge in [-0.05, 0) is 61.0 Å². The van der Waals surface area contributed by atoms with Gasteiger partial charge in [0.15, 0.2) is 0 Å². The van der Waals surface area contributed by atoms with E-state index in [9.17, 15) is 19.2 Å². The number of rotatable bonds is 10. The molecule has 0 atom stereocenters. The molecule has 0 unspecified atom stereocenters. The molecule has 0 saturated carbocycles. The summed E-state index contributed by atoms with van der Waals surface area (Å²) in [5.74, 6) is -0.520. The first kappa shape index (κ1) is 26.4. The summed E-state index contributed by atoms with van der Waals surface area (Å²) >= 11 is 7.81. The lowest BCUT2D eigenvalue weighted by atomic mass is 10.2. The molecule has 0 saturated heterocycles. The zero-order chi connectivity index (χ0) is 26.4. The van der Waals surface area contributed by atoms with Gasteiger partial charge in [-0.15, -0.1) is 11.3 Å². The summed E-state index contributed by atoms with van der Waals surface area (Å²) in [6, 6.07) is 15.9. The standard InChI is InChI=1S/C27H27ClN4O4S/c1-18-11-12-22(21(28)15-18)30-25(34)17-32-23-9-3-2-8-20(23)26(35)31(27(32)36)13-5-4-10-24(33)29-16-19-7-6-14-37-19/h2-3,6-9,11-12,14-15H,4-5,10,13,16-17H2,1H3,(H,29,33)(H,30,34). The van der Waals surface area contributed by atoms with Crippen molar-refractivity contribution >= 4 is 51.3 Å². The molecule has 192 valence electrons. The summed E-state index contributed by atoms with van der Waals surface area (Å²) in [5, 5.41) is 8.31. The van der Waals surface area contributed by atoms with Crippen molar-refractivity contribution in [2.75, 3.05) is 5.32 Å². The molecule has 10 heteroatoms. The van der Waals surface area contributed by atoms with Crippen LogP contribution < -0.4 is 21.9 Å². The number of para-hydroxylation sites is 1. The van der Waals surface area contributed by atoms with E-state index in [4.69, 9.17) is 11.6 Å². The van der Waals surface area contributed by atoms with E-state index in [2.05, 4.69) is 10.6 Å². The lowest BCUT2D eigenvalue weighted by molar-refractivity contribution is -0.121. The summed E-state index contributed by atoms with van der Waals surface area (Å²) in [5.41, 5.74) is 0.793. The van der Waals surface area contributed by atoms with Crippen LogP contribution in [0.5, 0.6) is 0 Å². The minimum absolute atomic E-state index is 0.0805. The SMILES string of the molecule is Cc1ccc(NC(=O)Cn2c(=O)n(CCCCC(=O)NCc3cccs3)c(=O)c3ccccc32)c(Cl)c1. The molecule has 0 aliphatic carbocycles. The second-order valence-electron chi connectivity index (χ2n) is 8.69. The number of benzene rings is 2. The molecule has 0 bridgehead atoms. The Morgan fingerprint density at radius 3 is 2.54 bits per heavy atom. The first-order valence-corrected chi connectivity index (χ1v) is 13.2. The summed E-state index contributed by atoms with van der Waals surface area (Å²) in [6.45, 7) is 2.24. The van der Waals surface area contributed by atoms with E-state index in [1.807, 2.05) is 30.5 Å². The van der Waals surface area contributed by atoms with Crippen LogP contribution in [0, 0.1) is 6.92 Å². The summed E-state index contributed by atoms with van der Waals surface area (Å²) in [7, 11) is 0. The number of aromatic nitrogens is 2. The highest BCUT2D eigenvalue weighted by Gasteiger charge is 2.16. The molecule has 0 spiro atoms. The fraction of sp³-hybridized carbons (Fsp3) is 0.259. The van der Waals surface area contributed by atoms with Crippen molar-refractivity contribution in [3.05, 3.63) is 96.3 Å². The lowest BCUT2D eigenvalue weighted by Crippen LogP contribution is -2.41. The molecule has 0 aliphatic heterocycles. The van der Waals surface area contributed by atoms with E-state index in [0.29, 0.717) is 47.4 Å². The Balaban J connectivity index is 1.46. The molecule has 8 nitrogen and oxygen atoms in total. The normalized spacial score (nSPS) is 11.0. The van der Waals surface area contributed by atoms with Crippen molar-refractivity contribution in [3.8, 4) is 0 Å². The quantitative estimate of drug-likeness (QED) is 0.294. The number of anilines is 1. The number of fused-ring (bicyclic) bond motifs is 1. The third-order valence-electron chi connectivity index (χ3n) is 5.91. The third-order valence-corrected chi connectivity index (χ3v) is 7.10. The smallest absolute Gasteiger partial charge is 0.331 e. The maximum Gasteiger partial charge on any atom is 0.331 e. The maximum atomic E-state index is 13.3. The van der Waals surface area contributed by atoms with Gasteiger partial charge in [0.25, 0.3) is 5.56 Å². The van der Waals surface area contributed by atoms with E-state index in [1.165, 1.54) is 4.57 Å². The fourth-order valence-corrected chi connectivity index (χ4v) is 4.95. The monoisotopic (exact) mass is 538 g/mol. The van der Waals surface area contributed by atoms with E-state index in [0.717, 1.165) is 15.0 Å². The predicted molar refractivity (Wildman–Crippen MR) is 147 cm³/mol. The van der Waals surface area contributed by atoms with Gasteiger partial charge in [-0.3, -0.25) is 23.5 Å². The van der Waals surface area contributed by atoms with Crippen molar-refractivity contribution < 1.29 is 9.59 Å². The Labute approximate surface area is 222 Å². The van der Waals surface area contributed by atoms with Gasteiger partial charge in [0.1, 0.15) is 6.54 Å². The average Bonchev–Trinajstić information content (AvgIpc) is 3.40. The van der Waals surface area contributed by atoms with Crippen LogP contribution >= 0.6 is 22.9 Å². The van der Waals surface area contributed by atoms with Crippen LogP contribution in [0.2, 0.25) is 5.02 Å². The highest BCUT2D eigenvalue weighted by Crippen LogP contribution is 2.22. The summed E-state index contributed by atoms with van der Waals surface area (Å²) < 4.78 is 2.43. The Morgan fingerprint density at radius 1 is 0.973 bits per heavy atom. The van der Waals surface area contributed by atoms with Crippen molar-refractivity contribution in [2.24, 2.45) is 0 Å². The number of carbonyl (C=O) groups excluding carboxylic acids is 2. The number of nitrogens with one attached hydrogen (secondary N) is 2. The molecule has 2 N–H and O–H groups in total. The number of thiophene rings is 1. The molecule has 4 aromatic rings. The van der Waals surface area contributed by atoms with Gasteiger partial charge in [-0.1, -0.05) is 35.9 Å². The number of carbonyl (C=O) groups is 2. The van der Waals surface area contributed by atoms with Gasteiger partial charge in [0.05, 0.1) is 28.2 Å². The van der Waals surface area contributed by atoms with Gasteiger partial charge < -0.3 is 10.6 Å². The zero-order valence-corrected chi connectivity index (χ0v) is 21.9. The second kappa shape index (κ2) is 12.0. The van der Waals surface area contributed by atoms with Crippen molar-refractivity contribution in [2.45, 2.75) is 45.8 Å². The van der Waals surface area contributed by atoms with Crippen molar-refractivity contribution in [3.63, 3.8) is 0 Å². The van der Waals surface area contributed by atoms with Crippen LogP contribution in [0.1, 0.15) is 29.7 Å². The highest BCUT2D eigenvalue weighted by molar-refractivity contribution is 7.09. The number of nitrogens with zero attached hydrogens (tertiary/aromatic N) is 2. The molecule has 0 fully saturated rings. The van der Waals surface area contributed by atoms with Gasteiger partial charge >= 0.3 is 5.69 Å². The number of hydrogen-bond donors (Lipinski definition) is 2. The minimum atomic E-state index is -0.573. The van der Waals surface area contributed by atoms with Crippen LogP contribution in [0.25, 0.3) is 10.9 Å². The topological polar surface area (TPSA) is 102 Å². The van der Waals surface area contributed by atoms with E-state index < -0.39 is 17.2 Å². The first-order chi connectivity index (χ1) is 17.8.